The zero-order valence-corrected chi connectivity index (χ0v) is 21.7. The number of rotatable bonds is 5. The van der Waals surface area contributed by atoms with Gasteiger partial charge >= 0.3 is 0 Å². The third kappa shape index (κ3) is 5.71. The predicted molar refractivity (Wildman–Crippen MR) is 111 cm³/mol. The molecule has 6 nitrogen and oxygen atoms in total. The van der Waals surface area contributed by atoms with Gasteiger partial charge in [-0.15, -0.1) is 16.3 Å². The van der Waals surface area contributed by atoms with Crippen molar-refractivity contribution in [1.29, 1.82) is 0 Å². The molecule has 0 saturated carbocycles. The molecule has 29 heavy (non-hydrogen) atoms. The van der Waals surface area contributed by atoms with E-state index in [1.54, 1.807) is 4.57 Å². The Hall–Kier alpha value is -2.10. The summed E-state index contributed by atoms with van der Waals surface area (Å²) in [6.45, 7) is 10.3. The van der Waals surface area contributed by atoms with Crippen molar-refractivity contribution in [3.05, 3.63) is 59.4 Å². The SMILES string of the molecule is CC.CCNC(=O)c1nnc(-c2cc(CC)[c-]cc2O)n1-c1ccc(C)cc1.[U]. The van der Waals surface area contributed by atoms with E-state index in [4.69, 9.17) is 0 Å². The van der Waals surface area contributed by atoms with Crippen molar-refractivity contribution in [3.63, 3.8) is 0 Å². The van der Waals surface area contributed by atoms with Crippen LogP contribution in [0.25, 0.3) is 17.1 Å². The van der Waals surface area contributed by atoms with Crippen LogP contribution in [-0.2, 0) is 6.42 Å². The van der Waals surface area contributed by atoms with Crippen molar-refractivity contribution in [3.8, 4) is 22.8 Å². The van der Waals surface area contributed by atoms with E-state index < -0.39 is 0 Å². The molecule has 1 aromatic heterocycles. The number of hydrogen-bond acceptors (Lipinski definition) is 4. The fraction of sp³-hybridized carbons (Fsp3) is 0.318. The van der Waals surface area contributed by atoms with E-state index in [2.05, 4.69) is 21.6 Å². The molecule has 0 bridgehead atoms. The number of nitrogens with one attached hydrogen (secondary N) is 1. The average Bonchev–Trinajstić information content (AvgIpc) is 3.15. The molecule has 0 aliphatic heterocycles. The monoisotopic (exact) mass is 617 g/mol. The molecular formula is C22H27N4O2U-. The summed E-state index contributed by atoms with van der Waals surface area (Å²) in [7, 11) is 0. The Labute approximate surface area is 196 Å². The minimum absolute atomic E-state index is 0. The number of aromatic nitrogens is 3. The first kappa shape index (κ1) is 24.9. The molecule has 0 unspecified atom stereocenters. The van der Waals surface area contributed by atoms with Crippen LogP contribution in [0.15, 0.2) is 36.4 Å². The number of benzene rings is 2. The van der Waals surface area contributed by atoms with Gasteiger partial charge in [-0.1, -0.05) is 44.9 Å². The normalized spacial score (nSPS) is 9.83. The topological polar surface area (TPSA) is 80.0 Å². The summed E-state index contributed by atoms with van der Waals surface area (Å²) < 4.78 is 1.67. The molecule has 0 fully saturated rings. The van der Waals surface area contributed by atoms with E-state index in [0.717, 1.165) is 23.2 Å². The summed E-state index contributed by atoms with van der Waals surface area (Å²) in [6, 6.07) is 14.1. The fourth-order valence-electron chi connectivity index (χ4n) is 2.70. The summed E-state index contributed by atoms with van der Waals surface area (Å²) in [6.07, 6.45) is 0.773. The molecule has 3 rings (SSSR count). The van der Waals surface area contributed by atoms with Gasteiger partial charge in [0, 0.05) is 49.1 Å². The van der Waals surface area contributed by atoms with Crippen LogP contribution in [0.3, 0.4) is 0 Å². The number of aromatic hydroxyl groups is 1. The minimum atomic E-state index is -0.315. The molecule has 152 valence electrons. The summed E-state index contributed by atoms with van der Waals surface area (Å²) in [5.41, 5.74) is 3.32. The van der Waals surface area contributed by atoms with Gasteiger partial charge in [-0.3, -0.25) is 9.36 Å². The van der Waals surface area contributed by atoms with E-state index in [1.807, 2.05) is 65.0 Å². The van der Waals surface area contributed by atoms with Gasteiger partial charge < -0.3 is 10.4 Å². The van der Waals surface area contributed by atoms with Crippen LogP contribution >= 0.6 is 0 Å². The first-order valence-electron chi connectivity index (χ1n) is 9.59. The number of carbonyl (C=O) groups is 1. The Kier molecular flexibility index (Phi) is 10.1. The largest absolute Gasteiger partial charge is 0.565 e. The molecule has 0 aliphatic rings. The number of nitrogens with zero attached hydrogens (tertiary/aromatic N) is 3. The third-order valence-electron chi connectivity index (χ3n) is 4.11. The Balaban J connectivity index is 0.00000136. The van der Waals surface area contributed by atoms with Gasteiger partial charge in [-0.25, -0.2) is 0 Å². The Morgan fingerprint density at radius 1 is 1.17 bits per heavy atom. The number of aryl methyl sites for hydroxylation is 2. The Bertz CT molecular complexity index is 936. The van der Waals surface area contributed by atoms with Gasteiger partial charge in [0.05, 0.1) is 0 Å². The van der Waals surface area contributed by atoms with Crippen LogP contribution in [0.2, 0.25) is 0 Å². The number of hydrogen-bond donors (Lipinski definition) is 2. The standard InChI is InChI=1S/C20H21N4O2.C2H6.U/c1-4-14-8-11-17(25)16(12-14)18-22-23-19(20(26)21-5-2)24(18)15-9-6-13(3)7-10-15;1-2;/h6-7,9-12,25H,4-5H2,1-3H3,(H,21,26);1-2H3;/q-1;;. The van der Waals surface area contributed by atoms with E-state index in [0.29, 0.717) is 17.9 Å². The Morgan fingerprint density at radius 3 is 2.41 bits per heavy atom. The summed E-state index contributed by atoms with van der Waals surface area (Å²) in [5.74, 6) is 0.322. The minimum Gasteiger partial charge on any atom is -0.565 e. The summed E-state index contributed by atoms with van der Waals surface area (Å²) in [5, 5.41) is 21.4. The predicted octanol–water partition coefficient (Wildman–Crippen LogP) is 4.09. The van der Waals surface area contributed by atoms with Crippen molar-refractivity contribution in [2.45, 2.75) is 41.0 Å². The zero-order valence-electron chi connectivity index (χ0n) is 17.6. The quantitative estimate of drug-likeness (QED) is 0.423. The first-order chi connectivity index (χ1) is 13.5. The van der Waals surface area contributed by atoms with Crippen molar-refractivity contribution >= 4 is 5.91 Å². The van der Waals surface area contributed by atoms with E-state index >= 15 is 0 Å². The van der Waals surface area contributed by atoms with Crippen LogP contribution < -0.4 is 5.32 Å². The van der Waals surface area contributed by atoms with Gasteiger partial charge in [0.15, 0.2) is 0 Å². The van der Waals surface area contributed by atoms with Gasteiger partial charge in [-0.2, -0.15) is 17.7 Å². The van der Waals surface area contributed by atoms with Gasteiger partial charge in [0.25, 0.3) is 5.91 Å². The summed E-state index contributed by atoms with van der Waals surface area (Å²) in [4.78, 5) is 12.5. The van der Waals surface area contributed by atoms with E-state index in [9.17, 15) is 9.90 Å². The second-order valence-electron chi connectivity index (χ2n) is 5.99. The van der Waals surface area contributed by atoms with Crippen molar-refractivity contribution < 1.29 is 41.0 Å². The maximum atomic E-state index is 12.5. The number of phenolic OH excluding ortho intramolecular Hbond substituents is 1. The number of phenols is 1. The molecule has 0 atom stereocenters. The van der Waals surface area contributed by atoms with Crippen LogP contribution in [-0.4, -0.2) is 32.3 Å². The molecule has 2 N–H and O–H groups in total. The number of carbonyl (C=O) groups excluding carboxylic acids is 1. The molecule has 7 heteroatoms. The van der Waals surface area contributed by atoms with Crippen molar-refractivity contribution in [1.82, 2.24) is 20.1 Å². The maximum absolute atomic E-state index is 12.5. The Morgan fingerprint density at radius 2 is 1.83 bits per heavy atom. The maximum Gasteiger partial charge on any atom is 0.289 e. The molecule has 3 aromatic rings. The first-order valence-corrected chi connectivity index (χ1v) is 9.59. The molecule has 1 amide bonds. The second-order valence-corrected chi connectivity index (χ2v) is 5.99. The van der Waals surface area contributed by atoms with Gasteiger partial charge in [0.1, 0.15) is 5.82 Å². The molecular weight excluding hydrogens is 590 g/mol. The van der Waals surface area contributed by atoms with E-state index in [-0.39, 0.29) is 48.6 Å². The van der Waals surface area contributed by atoms with Crippen LogP contribution in [0.4, 0.5) is 0 Å². The molecule has 0 aliphatic carbocycles. The smallest absolute Gasteiger partial charge is 0.289 e. The molecule has 1 heterocycles. The fourth-order valence-corrected chi connectivity index (χ4v) is 2.70. The van der Waals surface area contributed by atoms with Crippen molar-refractivity contribution in [2.75, 3.05) is 6.54 Å². The van der Waals surface area contributed by atoms with Crippen LogP contribution in [0.1, 0.15) is 49.4 Å². The third-order valence-corrected chi connectivity index (χ3v) is 4.11. The molecule has 2 aromatic carbocycles. The average molecular weight is 618 g/mol. The van der Waals surface area contributed by atoms with Crippen LogP contribution in [0, 0.1) is 44.1 Å². The van der Waals surface area contributed by atoms with Gasteiger partial charge in [0.2, 0.25) is 5.82 Å². The number of amides is 1. The molecule has 0 radical (unpaired) electrons. The molecule has 0 spiro atoms. The van der Waals surface area contributed by atoms with E-state index in [1.165, 1.54) is 6.07 Å². The summed E-state index contributed by atoms with van der Waals surface area (Å²) >= 11 is 0. The van der Waals surface area contributed by atoms with Gasteiger partial charge in [-0.05, 0) is 31.5 Å². The van der Waals surface area contributed by atoms with Crippen molar-refractivity contribution in [2.24, 2.45) is 0 Å². The zero-order chi connectivity index (χ0) is 20.7. The van der Waals surface area contributed by atoms with Crippen LogP contribution in [0.5, 0.6) is 5.75 Å². The molecule has 0 saturated heterocycles. The second kappa shape index (κ2) is 11.8.